The summed E-state index contributed by atoms with van der Waals surface area (Å²) in [6.45, 7) is 1.31. The number of nitrogens with zero attached hydrogens (tertiary/aromatic N) is 2. The van der Waals surface area contributed by atoms with Gasteiger partial charge in [0.25, 0.3) is 15.7 Å². The molecule has 0 spiro atoms. The van der Waals surface area contributed by atoms with Crippen molar-refractivity contribution in [1.29, 1.82) is 0 Å². The molecule has 0 aliphatic carbocycles. The van der Waals surface area contributed by atoms with E-state index in [1.54, 1.807) is 0 Å². The summed E-state index contributed by atoms with van der Waals surface area (Å²) in [6, 6.07) is 3.64. The summed E-state index contributed by atoms with van der Waals surface area (Å²) in [6.07, 6.45) is 2.24. The van der Waals surface area contributed by atoms with E-state index in [4.69, 9.17) is 11.6 Å². The van der Waals surface area contributed by atoms with Crippen LogP contribution < -0.4 is 5.32 Å². The number of hydrogen-bond donors (Lipinski definition) is 1. The number of rotatable bonds is 3. The Labute approximate surface area is 145 Å². The molecule has 2 unspecified atom stereocenters. The highest BCUT2D eigenvalue weighted by Crippen LogP contribution is 2.39. The lowest BCUT2D eigenvalue weighted by Gasteiger charge is -2.27. The molecule has 23 heavy (non-hydrogen) atoms. The normalized spacial score (nSPS) is 24.7. The van der Waals surface area contributed by atoms with Crippen LogP contribution in [0.5, 0.6) is 0 Å². The van der Waals surface area contributed by atoms with E-state index in [9.17, 15) is 18.5 Å². The Bertz CT molecular complexity index is 699. The summed E-state index contributed by atoms with van der Waals surface area (Å²) in [5.74, 6) is 0. The van der Waals surface area contributed by atoms with Crippen molar-refractivity contribution in [2.75, 3.05) is 13.1 Å². The number of hydrogen-bond acceptors (Lipinski definition) is 5. The second-order valence-corrected chi connectivity index (χ2v) is 7.75. The summed E-state index contributed by atoms with van der Waals surface area (Å²) in [7, 11) is -4.01. The Morgan fingerprint density at radius 3 is 2.65 bits per heavy atom. The van der Waals surface area contributed by atoms with Gasteiger partial charge in [0, 0.05) is 24.7 Å². The average molecular weight is 382 g/mol. The van der Waals surface area contributed by atoms with E-state index in [0.717, 1.165) is 19.4 Å². The number of nitro benzene ring substituents is 1. The fraction of sp³-hybridized carbons (Fsp3) is 0.538. The Balaban J connectivity index is 0.00000192. The molecule has 1 aromatic carbocycles. The minimum atomic E-state index is -4.01. The SMILES string of the molecule is Cl.O=[N+]([O-])c1cccc(Cl)c1S(=O)(=O)N1C2CCNCC1CC2. The molecule has 0 amide bonds. The van der Waals surface area contributed by atoms with Crippen LogP contribution in [-0.2, 0) is 10.0 Å². The van der Waals surface area contributed by atoms with Crippen molar-refractivity contribution in [3.63, 3.8) is 0 Å². The first-order valence-electron chi connectivity index (χ1n) is 7.10. The zero-order valence-electron chi connectivity index (χ0n) is 12.1. The lowest BCUT2D eigenvalue weighted by atomic mass is 10.1. The van der Waals surface area contributed by atoms with E-state index in [0.29, 0.717) is 13.0 Å². The van der Waals surface area contributed by atoms with Crippen molar-refractivity contribution in [2.24, 2.45) is 0 Å². The third-order valence-corrected chi connectivity index (χ3v) is 6.79. The zero-order chi connectivity index (χ0) is 15.9. The molecule has 1 aromatic rings. The van der Waals surface area contributed by atoms with Gasteiger partial charge in [-0.15, -0.1) is 12.4 Å². The molecule has 2 atom stereocenters. The van der Waals surface area contributed by atoms with E-state index in [-0.39, 0.29) is 34.4 Å². The topological polar surface area (TPSA) is 92.5 Å². The molecule has 2 saturated heterocycles. The van der Waals surface area contributed by atoms with Crippen LogP contribution in [0.25, 0.3) is 0 Å². The first-order chi connectivity index (χ1) is 10.4. The minimum Gasteiger partial charge on any atom is -0.315 e. The summed E-state index contributed by atoms with van der Waals surface area (Å²) in [4.78, 5) is 10.1. The van der Waals surface area contributed by atoms with Crippen LogP contribution in [0, 0.1) is 10.1 Å². The third-order valence-electron chi connectivity index (χ3n) is 4.27. The monoisotopic (exact) mass is 381 g/mol. The van der Waals surface area contributed by atoms with Gasteiger partial charge in [-0.25, -0.2) is 8.42 Å². The highest BCUT2D eigenvalue weighted by molar-refractivity contribution is 7.89. The van der Waals surface area contributed by atoms with Crippen LogP contribution in [0.2, 0.25) is 5.02 Å². The molecule has 0 radical (unpaired) electrons. The molecule has 2 aliphatic heterocycles. The summed E-state index contributed by atoms with van der Waals surface area (Å²) in [5.41, 5.74) is -0.468. The summed E-state index contributed by atoms with van der Waals surface area (Å²) in [5, 5.41) is 14.3. The van der Waals surface area contributed by atoms with E-state index in [1.807, 2.05) is 0 Å². The van der Waals surface area contributed by atoms with Gasteiger partial charge in [-0.05, 0) is 31.9 Å². The summed E-state index contributed by atoms with van der Waals surface area (Å²) < 4.78 is 27.5. The van der Waals surface area contributed by atoms with Gasteiger partial charge >= 0.3 is 0 Å². The standard InChI is InChI=1S/C13H16ClN3O4S.ClH/c14-11-2-1-3-12(17(18)19)13(11)22(20,21)16-9-4-5-10(16)8-15-7-6-9;/h1-3,9-10,15H,4-8H2;1H. The van der Waals surface area contributed by atoms with E-state index in [2.05, 4.69) is 5.32 Å². The first-order valence-corrected chi connectivity index (χ1v) is 8.92. The summed E-state index contributed by atoms with van der Waals surface area (Å²) >= 11 is 6.01. The number of sulfonamides is 1. The Morgan fingerprint density at radius 1 is 1.26 bits per heavy atom. The van der Waals surface area contributed by atoms with E-state index in [1.165, 1.54) is 22.5 Å². The van der Waals surface area contributed by atoms with Crippen LogP contribution >= 0.6 is 24.0 Å². The molecule has 1 N–H and O–H groups in total. The Morgan fingerprint density at radius 2 is 1.96 bits per heavy atom. The third kappa shape index (κ3) is 3.18. The van der Waals surface area contributed by atoms with Crippen molar-refractivity contribution in [1.82, 2.24) is 9.62 Å². The van der Waals surface area contributed by atoms with Gasteiger partial charge in [-0.1, -0.05) is 17.7 Å². The molecule has 3 rings (SSSR count). The predicted octanol–water partition coefficient (Wildman–Crippen LogP) is 2.18. The molecule has 0 aromatic heterocycles. The molecule has 2 aliphatic rings. The number of nitrogens with one attached hydrogen (secondary N) is 1. The van der Waals surface area contributed by atoms with Crippen LogP contribution in [0.15, 0.2) is 23.1 Å². The van der Waals surface area contributed by atoms with Crippen molar-refractivity contribution in [3.05, 3.63) is 33.3 Å². The number of benzene rings is 1. The fourth-order valence-corrected chi connectivity index (χ4v) is 5.90. The molecule has 0 saturated carbocycles. The van der Waals surface area contributed by atoms with Gasteiger partial charge in [0.1, 0.15) is 0 Å². The lowest BCUT2D eigenvalue weighted by molar-refractivity contribution is -0.387. The highest BCUT2D eigenvalue weighted by Gasteiger charge is 2.45. The van der Waals surface area contributed by atoms with Gasteiger partial charge in [0.2, 0.25) is 0 Å². The van der Waals surface area contributed by atoms with Gasteiger partial charge in [-0.2, -0.15) is 4.31 Å². The number of halogens is 2. The number of nitro groups is 1. The molecule has 2 heterocycles. The van der Waals surface area contributed by atoms with Gasteiger partial charge in [0.05, 0.1) is 9.95 Å². The van der Waals surface area contributed by atoms with Crippen molar-refractivity contribution in [2.45, 2.75) is 36.2 Å². The molecule has 7 nitrogen and oxygen atoms in total. The highest BCUT2D eigenvalue weighted by atomic mass is 35.5. The van der Waals surface area contributed by atoms with Gasteiger partial charge < -0.3 is 5.32 Å². The van der Waals surface area contributed by atoms with Crippen molar-refractivity contribution >= 4 is 39.7 Å². The maximum atomic E-state index is 13.1. The average Bonchev–Trinajstić information content (AvgIpc) is 2.72. The van der Waals surface area contributed by atoms with E-state index < -0.39 is 20.6 Å². The first kappa shape index (κ1) is 18.4. The van der Waals surface area contributed by atoms with Crippen molar-refractivity contribution < 1.29 is 13.3 Å². The lowest BCUT2D eigenvalue weighted by Crippen LogP contribution is -2.42. The smallest absolute Gasteiger partial charge is 0.290 e. The fourth-order valence-electron chi connectivity index (χ4n) is 3.33. The van der Waals surface area contributed by atoms with E-state index >= 15 is 0 Å². The van der Waals surface area contributed by atoms with Crippen LogP contribution in [0.4, 0.5) is 5.69 Å². The molecule has 128 valence electrons. The quantitative estimate of drug-likeness (QED) is 0.639. The molecular formula is C13H17Cl2N3O4S. The van der Waals surface area contributed by atoms with Crippen LogP contribution in [0.1, 0.15) is 19.3 Å². The van der Waals surface area contributed by atoms with Crippen LogP contribution in [0.3, 0.4) is 0 Å². The molecule has 2 fully saturated rings. The second-order valence-electron chi connectivity index (χ2n) is 5.56. The molecular weight excluding hydrogens is 365 g/mol. The molecule has 2 bridgehead atoms. The van der Waals surface area contributed by atoms with Crippen molar-refractivity contribution in [3.8, 4) is 0 Å². The Kier molecular flexibility index (Phi) is 5.52. The maximum absolute atomic E-state index is 13.1. The van der Waals surface area contributed by atoms with Gasteiger partial charge in [0.15, 0.2) is 4.90 Å². The second kappa shape index (κ2) is 6.90. The number of fused-ring (bicyclic) bond motifs is 2. The zero-order valence-corrected chi connectivity index (χ0v) is 14.5. The van der Waals surface area contributed by atoms with Crippen LogP contribution in [-0.4, -0.2) is 42.8 Å². The predicted molar refractivity (Wildman–Crippen MR) is 88.7 cm³/mol. The maximum Gasteiger partial charge on any atom is 0.290 e. The van der Waals surface area contributed by atoms with Gasteiger partial charge in [-0.3, -0.25) is 10.1 Å². The largest absolute Gasteiger partial charge is 0.315 e. The molecule has 10 heteroatoms. The Hall–Kier alpha value is -0.930. The minimum absolute atomic E-state index is 0.